The van der Waals surface area contributed by atoms with E-state index in [4.69, 9.17) is 10.5 Å². The predicted molar refractivity (Wildman–Crippen MR) is 84.0 cm³/mol. The van der Waals surface area contributed by atoms with E-state index in [0.717, 1.165) is 39.1 Å². The van der Waals surface area contributed by atoms with Crippen LogP contribution in [0.4, 0.5) is 0 Å². The summed E-state index contributed by atoms with van der Waals surface area (Å²) in [4.78, 5) is 15.0. The smallest absolute Gasteiger partial charge is 0.241 e. The van der Waals surface area contributed by atoms with Crippen LogP contribution < -0.4 is 11.1 Å². The number of carbonyl (C=O) groups is 1. The third-order valence-electron chi connectivity index (χ3n) is 5.53. The summed E-state index contributed by atoms with van der Waals surface area (Å²) < 4.78 is 5.74. The normalized spacial score (nSPS) is 33.6. The minimum absolute atomic E-state index is 0.00759. The van der Waals surface area contributed by atoms with Gasteiger partial charge in [0.15, 0.2) is 0 Å². The zero-order chi connectivity index (χ0) is 15.7. The fourth-order valence-corrected chi connectivity index (χ4v) is 4.06. The van der Waals surface area contributed by atoms with Crippen molar-refractivity contribution in [3.8, 4) is 0 Å². The van der Waals surface area contributed by atoms with E-state index in [9.17, 15) is 4.79 Å². The number of hydrogen-bond acceptors (Lipinski definition) is 4. The molecule has 1 heterocycles. The van der Waals surface area contributed by atoms with Gasteiger partial charge in [0, 0.05) is 31.0 Å². The van der Waals surface area contributed by atoms with Gasteiger partial charge in [-0.2, -0.15) is 0 Å². The quantitative estimate of drug-likeness (QED) is 0.735. The van der Waals surface area contributed by atoms with Crippen molar-refractivity contribution in [1.82, 2.24) is 10.2 Å². The van der Waals surface area contributed by atoms with Gasteiger partial charge >= 0.3 is 0 Å². The van der Waals surface area contributed by atoms with Crippen LogP contribution in [0.1, 0.15) is 40.5 Å². The summed E-state index contributed by atoms with van der Waals surface area (Å²) >= 11 is 0. The van der Waals surface area contributed by atoms with Crippen LogP contribution in [-0.2, 0) is 9.53 Å². The SMILES string of the molecule is CCCN(CC)CCNC(=O)C1(N)C2CCOC2C1(C)C. The monoisotopic (exact) mass is 297 g/mol. The summed E-state index contributed by atoms with van der Waals surface area (Å²) in [5.74, 6) is 0.164. The highest BCUT2D eigenvalue weighted by molar-refractivity contribution is 5.89. The third-order valence-corrected chi connectivity index (χ3v) is 5.53. The van der Waals surface area contributed by atoms with Crippen molar-refractivity contribution in [2.24, 2.45) is 17.1 Å². The van der Waals surface area contributed by atoms with E-state index in [1.807, 2.05) is 0 Å². The number of nitrogens with two attached hydrogens (primary N) is 1. The van der Waals surface area contributed by atoms with Gasteiger partial charge in [0.05, 0.1) is 6.10 Å². The largest absolute Gasteiger partial charge is 0.377 e. The van der Waals surface area contributed by atoms with Crippen LogP contribution in [0.3, 0.4) is 0 Å². The van der Waals surface area contributed by atoms with Gasteiger partial charge < -0.3 is 20.7 Å². The van der Waals surface area contributed by atoms with Crippen LogP contribution >= 0.6 is 0 Å². The molecule has 0 spiro atoms. The van der Waals surface area contributed by atoms with Gasteiger partial charge in [-0.3, -0.25) is 4.79 Å². The Morgan fingerprint density at radius 2 is 2.10 bits per heavy atom. The third kappa shape index (κ3) is 2.60. The number of rotatable bonds is 7. The highest BCUT2D eigenvalue weighted by Crippen LogP contribution is 2.58. The van der Waals surface area contributed by atoms with E-state index >= 15 is 0 Å². The second-order valence-electron chi connectivity index (χ2n) is 6.97. The molecule has 2 aliphatic rings. The zero-order valence-corrected chi connectivity index (χ0v) is 13.9. The van der Waals surface area contributed by atoms with Crippen LogP contribution in [-0.4, -0.2) is 55.2 Å². The molecule has 1 saturated carbocycles. The van der Waals surface area contributed by atoms with Gasteiger partial charge in [0.25, 0.3) is 0 Å². The Labute approximate surface area is 128 Å². The molecule has 1 aliphatic carbocycles. The Balaban J connectivity index is 1.88. The maximum absolute atomic E-state index is 12.6. The number of carbonyl (C=O) groups excluding carboxylic acids is 1. The molecular formula is C16H31N3O2. The molecule has 1 saturated heterocycles. The number of likely N-dealkylation sites (N-methyl/N-ethyl adjacent to an activating group) is 1. The number of amides is 1. The van der Waals surface area contributed by atoms with Crippen molar-refractivity contribution in [3.63, 3.8) is 0 Å². The maximum Gasteiger partial charge on any atom is 0.241 e. The molecule has 0 aromatic heterocycles. The van der Waals surface area contributed by atoms with Gasteiger partial charge in [-0.1, -0.05) is 27.7 Å². The van der Waals surface area contributed by atoms with Crippen LogP contribution in [0, 0.1) is 11.3 Å². The number of hydrogen-bond donors (Lipinski definition) is 2. The molecule has 2 fully saturated rings. The topological polar surface area (TPSA) is 67.6 Å². The molecule has 3 unspecified atom stereocenters. The Morgan fingerprint density at radius 3 is 2.71 bits per heavy atom. The van der Waals surface area contributed by atoms with Gasteiger partial charge in [0.1, 0.15) is 5.54 Å². The summed E-state index contributed by atoms with van der Waals surface area (Å²) in [6.45, 7) is 12.8. The first-order chi connectivity index (χ1) is 9.89. The number of nitrogens with zero attached hydrogens (tertiary/aromatic N) is 1. The van der Waals surface area contributed by atoms with E-state index in [1.165, 1.54) is 0 Å². The molecule has 0 radical (unpaired) electrons. The van der Waals surface area contributed by atoms with Gasteiger partial charge in [-0.15, -0.1) is 0 Å². The molecule has 1 aliphatic heterocycles. The average molecular weight is 297 g/mol. The number of ether oxygens (including phenoxy) is 1. The van der Waals surface area contributed by atoms with E-state index < -0.39 is 5.54 Å². The highest BCUT2D eigenvalue weighted by atomic mass is 16.5. The van der Waals surface area contributed by atoms with Crippen LogP contribution in [0.2, 0.25) is 0 Å². The van der Waals surface area contributed by atoms with Crippen molar-refractivity contribution in [2.75, 3.05) is 32.8 Å². The van der Waals surface area contributed by atoms with Crippen LogP contribution in [0.25, 0.3) is 0 Å². The Morgan fingerprint density at radius 1 is 1.38 bits per heavy atom. The van der Waals surface area contributed by atoms with E-state index in [2.05, 4.69) is 37.9 Å². The molecule has 5 nitrogen and oxygen atoms in total. The molecule has 0 bridgehead atoms. The molecule has 0 aromatic rings. The van der Waals surface area contributed by atoms with Crippen molar-refractivity contribution in [2.45, 2.75) is 52.2 Å². The lowest BCUT2D eigenvalue weighted by Gasteiger charge is -2.60. The summed E-state index contributed by atoms with van der Waals surface area (Å²) in [5.41, 5.74) is 5.44. The number of nitrogens with one attached hydrogen (secondary N) is 1. The van der Waals surface area contributed by atoms with Crippen molar-refractivity contribution >= 4 is 5.91 Å². The van der Waals surface area contributed by atoms with Crippen molar-refractivity contribution in [3.05, 3.63) is 0 Å². The molecule has 122 valence electrons. The molecule has 0 aromatic carbocycles. The summed E-state index contributed by atoms with van der Waals surface area (Å²) in [6, 6.07) is 0. The molecule has 21 heavy (non-hydrogen) atoms. The first-order valence-corrected chi connectivity index (χ1v) is 8.30. The molecular weight excluding hydrogens is 266 g/mol. The lowest BCUT2D eigenvalue weighted by molar-refractivity contribution is -0.175. The minimum atomic E-state index is -0.782. The minimum Gasteiger partial charge on any atom is -0.377 e. The van der Waals surface area contributed by atoms with Gasteiger partial charge in [0.2, 0.25) is 5.91 Å². The van der Waals surface area contributed by atoms with Crippen LogP contribution in [0.15, 0.2) is 0 Å². The fourth-order valence-electron chi connectivity index (χ4n) is 4.06. The van der Waals surface area contributed by atoms with Crippen LogP contribution in [0.5, 0.6) is 0 Å². The van der Waals surface area contributed by atoms with Crippen molar-refractivity contribution in [1.29, 1.82) is 0 Å². The zero-order valence-electron chi connectivity index (χ0n) is 13.9. The molecule has 5 heteroatoms. The average Bonchev–Trinajstić information content (AvgIpc) is 2.93. The first kappa shape index (κ1) is 16.7. The Kier molecular flexibility index (Phi) is 4.96. The Bertz CT molecular complexity index is 386. The maximum atomic E-state index is 12.6. The fraction of sp³-hybridized carbons (Fsp3) is 0.938. The first-order valence-electron chi connectivity index (χ1n) is 8.30. The highest BCUT2D eigenvalue weighted by Gasteiger charge is 2.71. The second-order valence-corrected chi connectivity index (χ2v) is 6.97. The lowest BCUT2D eigenvalue weighted by atomic mass is 9.48. The van der Waals surface area contributed by atoms with E-state index in [0.29, 0.717) is 6.54 Å². The van der Waals surface area contributed by atoms with Gasteiger partial charge in [-0.05, 0) is 25.9 Å². The van der Waals surface area contributed by atoms with Gasteiger partial charge in [-0.25, -0.2) is 0 Å². The summed E-state index contributed by atoms with van der Waals surface area (Å²) in [7, 11) is 0. The molecule has 3 atom stereocenters. The van der Waals surface area contributed by atoms with E-state index in [1.54, 1.807) is 0 Å². The second kappa shape index (κ2) is 6.23. The molecule has 1 amide bonds. The Hall–Kier alpha value is -0.650. The van der Waals surface area contributed by atoms with Crippen molar-refractivity contribution < 1.29 is 9.53 Å². The molecule has 2 rings (SSSR count). The molecule has 3 N–H and O–H groups in total. The summed E-state index contributed by atoms with van der Waals surface area (Å²) in [6.07, 6.45) is 2.17. The summed E-state index contributed by atoms with van der Waals surface area (Å²) in [5, 5.41) is 3.06. The standard InChI is InChI=1S/C16H31N3O2/c1-5-9-19(6-2)10-8-18-14(20)16(17)12-7-11-21-13(12)15(16,3)4/h12-13H,5-11,17H2,1-4H3,(H,18,20). The lowest BCUT2D eigenvalue weighted by Crippen LogP contribution is -2.80. The predicted octanol–water partition coefficient (Wildman–Crippen LogP) is 0.977. The number of fused-ring (bicyclic) bond motifs is 1. The van der Waals surface area contributed by atoms with E-state index in [-0.39, 0.29) is 23.3 Å².